The van der Waals surface area contributed by atoms with E-state index >= 15 is 0 Å². The zero-order chi connectivity index (χ0) is 10.9. The summed E-state index contributed by atoms with van der Waals surface area (Å²) in [6.07, 6.45) is 3.63. The molecule has 15 heavy (non-hydrogen) atoms. The molecule has 0 atom stereocenters. The highest BCUT2D eigenvalue weighted by Gasteiger charge is 1.99. The van der Waals surface area contributed by atoms with E-state index in [1.54, 1.807) is 0 Å². The van der Waals surface area contributed by atoms with E-state index < -0.39 is 0 Å². The van der Waals surface area contributed by atoms with Crippen LogP contribution in [0.15, 0.2) is 24.5 Å². The highest BCUT2D eigenvalue weighted by molar-refractivity contribution is 5.09. The first-order chi connectivity index (χ1) is 7.33. The predicted molar refractivity (Wildman–Crippen MR) is 60.4 cm³/mol. The number of hydrogen-bond donors (Lipinski definition) is 1. The van der Waals surface area contributed by atoms with Gasteiger partial charge in [0.2, 0.25) is 0 Å². The SMILES string of the molecule is CN(CCOCCN)Cc1ccncc1. The standard InChI is InChI=1S/C11H19N3O/c1-14(7-9-15-8-4-12)10-11-2-5-13-6-3-11/h2-3,5-6H,4,7-10,12H2,1H3. The summed E-state index contributed by atoms with van der Waals surface area (Å²) in [7, 11) is 2.08. The van der Waals surface area contributed by atoms with Crippen LogP contribution in [0.1, 0.15) is 5.56 Å². The Labute approximate surface area is 91.1 Å². The van der Waals surface area contributed by atoms with Crippen LogP contribution in [0.2, 0.25) is 0 Å². The van der Waals surface area contributed by atoms with E-state index in [4.69, 9.17) is 10.5 Å². The molecule has 0 radical (unpaired) electrons. The van der Waals surface area contributed by atoms with Gasteiger partial charge in [0, 0.05) is 32.0 Å². The minimum atomic E-state index is 0.591. The molecule has 0 aliphatic rings. The summed E-state index contributed by atoms with van der Waals surface area (Å²) < 4.78 is 5.31. The second-order valence-electron chi connectivity index (χ2n) is 3.49. The molecule has 0 unspecified atom stereocenters. The topological polar surface area (TPSA) is 51.4 Å². The van der Waals surface area contributed by atoms with Gasteiger partial charge in [-0.15, -0.1) is 0 Å². The highest BCUT2D eigenvalue weighted by atomic mass is 16.5. The minimum Gasteiger partial charge on any atom is -0.379 e. The third kappa shape index (κ3) is 5.47. The fraction of sp³-hybridized carbons (Fsp3) is 0.545. The van der Waals surface area contributed by atoms with Crippen LogP contribution in [0.5, 0.6) is 0 Å². The van der Waals surface area contributed by atoms with Crippen molar-refractivity contribution in [3.05, 3.63) is 30.1 Å². The molecule has 0 saturated carbocycles. The van der Waals surface area contributed by atoms with E-state index in [0.29, 0.717) is 13.2 Å². The lowest BCUT2D eigenvalue weighted by Gasteiger charge is -2.16. The number of nitrogens with two attached hydrogens (primary N) is 1. The summed E-state index contributed by atoms with van der Waals surface area (Å²) in [5.41, 5.74) is 6.59. The predicted octanol–water partition coefficient (Wildman–Crippen LogP) is 0.489. The molecule has 1 aromatic rings. The summed E-state index contributed by atoms with van der Waals surface area (Å²) >= 11 is 0. The van der Waals surface area contributed by atoms with Crippen molar-refractivity contribution in [3.63, 3.8) is 0 Å². The lowest BCUT2D eigenvalue weighted by Crippen LogP contribution is -2.23. The third-order valence-electron chi connectivity index (χ3n) is 2.08. The first-order valence-electron chi connectivity index (χ1n) is 5.18. The van der Waals surface area contributed by atoms with Crippen molar-refractivity contribution in [3.8, 4) is 0 Å². The van der Waals surface area contributed by atoms with Gasteiger partial charge >= 0.3 is 0 Å². The largest absolute Gasteiger partial charge is 0.379 e. The zero-order valence-corrected chi connectivity index (χ0v) is 9.22. The van der Waals surface area contributed by atoms with Gasteiger partial charge in [-0.3, -0.25) is 9.88 Å². The van der Waals surface area contributed by atoms with Crippen LogP contribution < -0.4 is 5.73 Å². The van der Waals surface area contributed by atoms with E-state index in [2.05, 4.69) is 16.9 Å². The minimum absolute atomic E-state index is 0.591. The Kier molecular flexibility index (Phi) is 5.92. The molecule has 84 valence electrons. The van der Waals surface area contributed by atoms with Gasteiger partial charge in [-0.1, -0.05) is 0 Å². The molecule has 0 aromatic carbocycles. The number of ether oxygens (including phenoxy) is 1. The van der Waals surface area contributed by atoms with Crippen molar-refractivity contribution in [2.24, 2.45) is 5.73 Å². The summed E-state index contributed by atoms with van der Waals surface area (Å²) in [6.45, 7) is 3.81. The Morgan fingerprint density at radius 1 is 1.33 bits per heavy atom. The van der Waals surface area contributed by atoms with Crippen molar-refractivity contribution < 1.29 is 4.74 Å². The number of aromatic nitrogens is 1. The molecule has 1 aromatic heterocycles. The Bertz CT molecular complexity index is 253. The fourth-order valence-corrected chi connectivity index (χ4v) is 1.28. The van der Waals surface area contributed by atoms with Crippen molar-refractivity contribution in [1.82, 2.24) is 9.88 Å². The average Bonchev–Trinajstić information content (AvgIpc) is 2.26. The van der Waals surface area contributed by atoms with Crippen LogP contribution in [0.3, 0.4) is 0 Å². The molecule has 1 rings (SSSR count). The Hall–Kier alpha value is -0.970. The van der Waals surface area contributed by atoms with Gasteiger partial charge in [-0.2, -0.15) is 0 Å². The third-order valence-corrected chi connectivity index (χ3v) is 2.08. The normalized spacial score (nSPS) is 10.9. The molecule has 0 aliphatic heterocycles. The Balaban J connectivity index is 2.16. The number of nitrogens with zero attached hydrogens (tertiary/aromatic N) is 2. The molecule has 4 nitrogen and oxygen atoms in total. The van der Waals surface area contributed by atoms with E-state index in [9.17, 15) is 0 Å². The van der Waals surface area contributed by atoms with Gasteiger partial charge in [-0.25, -0.2) is 0 Å². The van der Waals surface area contributed by atoms with Gasteiger partial charge in [0.1, 0.15) is 0 Å². The van der Waals surface area contributed by atoms with E-state index in [1.807, 2.05) is 24.5 Å². The molecule has 0 saturated heterocycles. The van der Waals surface area contributed by atoms with Crippen molar-refractivity contribution >= 4 is 0 Å². The Morgan fingerprint density at radius 2 is 2.07 bits per heavy atom. The molecular formula is C11H19N3O. The van der Waals surface area contributed by atoms with E-state index in [-0.39, 0.29) is 0 Å². The molecule has 1 heterocycles. The first-order valence-corrected chi connectivity index (χ1v) is 5.18. The maximum absolute atomic E-state index is 5.32. The summed E-state index contributed by atoms with van der Waals surface area (Å²) in [6, 6.07) is 4.05. The maximum atomic E-state index is 5.32. The maximum Gasteiger partial charge on any atom is 0.0594 e. The summed E-state index contributed by atoms with van der Waals surface area (Å²) in [5, 5.41) is 0. The molecule has 0 bridgehead atoms. The molecule has 0 amide bonds. The van der Waals surface area contributed by atoms with Crippen LogP contribution in [0, 0.1) is 0 Å². The molecule has 0 aliphatic carbocycles. The van der Waals surface area contributed by atoms with Crippen LogP contribution in [0.25, 0.3) is 0 Å². The number of rotatable bonds is 7. The van der Waals surface area contributed by atoms with Gasteiger partial charge in [0.05, 0.1) is 13.2 Å². The van der Waals surface area contributed by atoms with Crippen LogP contribution in [-0.4, -0.2) is 43.2 Å². The second-order valence-corrected chi connectivity index (χ2v) is 3.49. The zero-order valence-electron chi connectivity index (χ0n) is 9.22. The number of hydrogen-bond acceptors (Lipinski definition) is 4. The van der Waals surface area contributed by atoms with Crippen molar-refractivity contribution in [2.75, 3.05) is 33.4 Å². The first kappa shape index (κ1) is 12.1. The summed E-state index contributed by atoms with van der Waals surface area (Å²) in [5.74, 6) is 0. The van der Waals surface area contributed by atoms with E-state index in [1.165, 1.54) is 5.56 Å². The Morgan fingerprint density at radius 3 is 2.73 bits per heavy atom. The molecule has 0 fully saturated rings. The van der Waals surface area contributed by atoms with Crippen molar-refractivity contribution in [2.45, 2.75) is 6.54 Å². The smallest absolute Gasteiger partial charge is 0.0594 e. The van der Waals surface area contributed by atoms with Crippen LogP contribution in [0.4, 0.5) is 0 Å². The van der Waals surface area contributed by atoms with Crippen LogP contribution in [-0.2, 0) is 11.3 Å². The van der Waals surface area contributed by atoms with Gasteiger partial charge in [-0.05, 0) is 24.7 Å². The molecule has 2 N–H and O–H groups in total. The van der Waals surface area contributed by atoms with Crippen molar-refractivity contribution in [1.29, 1.82) is 0 Å². The van der Waals surface area contributed by atoms with Gasteiger partial charge < -0.3 is 10.5 Å². The lowest BCUT2D eigenvalue weighted by atomic mass is 10.2. The summed E-state index contributed by atoms with van der Waals surface area (Å²) in [4.78, 5) is 6.20. The second kappa shape index (κ2) is 7.34. The molecular weight excluding hydrogens is 190 g/mol. The molecule has 4 heteroatoms. The highest BCUT2D eigenvalue weighted by Crippen LogP contribution is 2.00. The van der Waals surface area contributed by atoms with E-state index in [0.717, 1.165) is 19.7 Å². The quantitative estimate of drug-likeness (QED) is 0.664. The fourth-order valence-electron chi connectivity index (χ4n) is 1.28. The number of likely N-dealkylation sites (N-methyl/N-ethyl adjacent to an activating group) is 1. The average molecular weight is 209 g/mol. The van der Waals surface area contributed by atoms with Crippen LogP contribution >= 0.6 is 0 Å². The lowest BCUT2D eigenvalue weighted by molar-refractivity contribution is 0.115. The molecule has 0 spiro atoms. The number of pyridine rings is 1. The monoisotopic (exact) mass is 209 g/mol. The van der Waals surface area contributed by atoms with Gasteiger partial charge in [0.25, 0.3) is 0 Å². The van der Waals surface area contributed by atoms with Gasteiger partial charge in [0.15, 0.2) is 0 Å².